The van der Waals surface area contributed by atoms with E-state index in [0.717, 1.165) is 31.2 Å². The van der Waals surface area contributed by atoms with Gasteiger partial charge in [-0.25, -0.2) is 0 Å². The van der Waals surface area contributed by atoms with Gasteiger partial charge in [-0.2, -0.15) is 0 Å². The molecular formula is C18H32IN3O2. The van der Waals surface area contributed by atoms with Crippen molar-refractivity contribution >= 4 is 29.9 Å². The second kappa shape index (κ2) is 13.3. The number of rotatable bonds is 9. The minimum atomic E-state index is 0. The van der Waals surface area contributed by atoms with Crippen LogP contribution in [0.25, 0.3) is 0 Å². The highest BCUT2D eigenvalue weighted by Crippen LogP contribution is 2.21. The summed E-state index contributed by atoms with van der Waals surface area (Å²) in [6, 6.07) is 8.24. The van der Waals surface area contributed by atoms with Gasteiger partial charge < -0.3 is 20.5 Å². The van der Waals surface area contributed by atoms with E-state index in [-0.39, 0.29) is 36.5 Å². The number of aliphatic hydroxyl groups excluding tert-OH is 1. The molecule has 0 saturated heterocycles. The Kier molecular flexibility index (Phi) is 12.7. The van der Waals surface area contributed by atoms with E-state index >= 15 is 0 Å². The highest BCUT2D eigenvalue weighted by atomic mass is 127. The van der Waals surface area contributed by atoms with Crippen LogP contribution in [-0.4, -0.2) is 44.4 Å². The number of halogens is 1. The molecule has 2 unspecified atom stereocenters. The molecule has 0 spiro atoms. The van der Waals surface area contributed by atoms with Gasteiger partial charge in [0.1, 0.15) is 5.75 Å². The summed E-state index contributed by atoms with van der Waals surface area (Å²) in [7, 11) is 1.68. The highest BCUT2D eigenvalue weighted by molar-refractivity contribution is 14.0. The molecular weight excluding hydrogens is 417 g/mol. The number of ether oxygens (including phenoxy) is 1. The molecule has 6 heteroatoms. The number of benzene rings is 1. The molecule has 0 aromatic heterocycles. The molecule has 0 aliphatic carbocycles. The smallest absolute Gasteiger partial charge is 0.191 e. The summed E-state index contributed by atoms with van der Waals surface area (Å²) < 4.78 is 5.19. The molecule has 0 radical (unpaired) electrons. The third-order valence-electron chi connectivity index (χ3n) is 3.77. The maximum absolute atomic E-state index is 9.07. The van der Waals surface area contributed by atoms with E-state index in [1.165, 1.54) is 5.56 Å². The molecule has 1 aromatic rings. The second-order valence-corrected chi connectivity index (χ2v) is 5.90. The Morgan fingerprint density at radius 3 is 2.42 bits per heavy atom. The van der Waals surface area contributed by atoms with Gasteiger partial charge in [-0.15, -0.1) is 24.0 Å². The first-order valence-corrected chi connectivity index (χ1v) is 8.37. The van der Waals surface area contributed by atoms with E-state index in [9.17, 15) is 0 Å². The van der Waals surface area contributed by atoms with Crippen molar-refractivity contribution < 1.29 is 9.84 Å². The standard InChI is InChI=1S/C18H31N3O2.HI/c1-5-19-18(21-12-14(2)13-22)20-11-10-15(3)16-6-8-17(23-4)9-7-16;/h6-9,14-15,22H,5,10-13H2,1-4H3,(H2,19,20,21);1H. The zero-order chi connectivity index (χ0) is 17.1. The summed E-state index contributed by atoms with van der Waals surface area (Å²) in [5.41, 5.74) is 1.31. The fourth-order valence-corrected chi connectivity index (χ4v) is 2.15. The van der Waals surface area contributed by atoms with Gasteiger partial charge in [-0.3, -0.25) is 4.99 Å². The van der Waals surface area contributed by atoms with Crippen LogP contribution in [0.5, 0.6) is 5.75 Å². The average molecular weight is 449 g/mol. The minimum absolute atomic E-state index is 0. The maximum Gasteiger partial charge on any atom is 0.191 e. The topological polar surface area (TPSA) is 65.9 Å². The highest BCUT2D eigenvalue weighted by Gasteiger charge is 2.07. The Hall–Kier alpha value is -1.02. The number of nitrogens with zero attached hydrogens (tertiary/aromatic N) is 1. The van der Waals surface area contributed by atoms with Gasteiger partial charge in [0.25, 0.3) is 0 Å². The Labute approximate surface area is 163 Å². The van der Waals surface area contributed by atoms with Gasteiger partial charge >= 0.3 is 0 Å². The number of nitrogens with one attached hydrogen (secondary N) is 2. The Morgan fingerprint density at radius 1 is 1.21 bits per heavy atom. The van der Waals surface area contributed by atoms with Crippen molar-refractivity contribution in [2.45, 2.75) is 33.1 Å². The molecule has 3 N–H and O–H groups in total. The van der Waals surface area contributed by atoms with Gasteiger partial charge in [-0.05, 0) is 42.9 Å². The summed E-state index contributed by atoms with van der Waals surface area (Å²) in [6.45, 7) is 8.73. The van der Waals surface area contributed by atoms with Gasteiger partial charge in [-0.1, -0.05) is 26.0 Å². The van der Waals surface area contributed by atoms with Crippen molar-refractivity contribution in [3.8, 4) is 5.75 Å². The normalized spacial score (nSPS) is 13.6. The quantitative estimate of drug-likeness (QED) is 0.308. The number of hydrogen-bond acceptors (Lipinski definition) is 3. The largest absolute Gasteiger partial charge is 0.497 e. The lowest BCUT2D eigenvalue weighted by atomic mass is 9.98. The lowest BCUT2D eigenvalue weighted by Crippen LogP contribution is -2.38. The fraction of sp³-hybridized carbons (Fsp3) is 0.611. The number of aliphatic hydroxyl groups is 1. The van der Waals surface area contributed by atoms with E-state index in [1.54, 1.807) is 7.11 Å². The second-order valence-electron chi connectivity index (χ2n) is 5.90. The number of guanidine groups is 1. The Morgan fingerprint density at radius 2 is 1.88 bits per heavy atom. The number of methoxy groups -OCH3 is 1. The average Bonchev–Trinajstić information content (AvgIpc) is 2.59. The molecule has 5 nitrogen and oxygen atoms in total. The zero-order valence-corrected chi connectivity index (χ0v) is 17.5. The van der Waals surface area contributed by atoms with Crippen molar-refractivity contribution in [1.29, 1.82) is 0 Å². The van der Waals surface area contributed by atoms with Crippen molar-refractivity contribution in [3.05, 3.63) is 29.8 Å². The van der Waals surface area contributed by atoms with Crippen LogP contribution in [0, 0.1) is 5.92 Å². The molecule has 0 aliphatic rings. The van der Waals surface area contributed by atoms with Gasteiger partial charge in [0.05, 0.1) is 7.11 Å². The Balaban J connectivity index is 0.00000529. The zero-order valence-electron chi connectivity index (χ0n) is 15.2. The van der Waals surface area contributed by atoms with Crippen molar-refractivity contribution in [3.63, 3.8) is 0 Å². The van der Waals surface area contributed by atoms with Crippen LogP contribution >= 0.6 is 24.0 Å². The predicted molar refractivity (Wildman–Crippen MR) is 112 cm³/mol. The van der Waals surface area contributed by atoms with Crippen LogP contribution in [0.15, 0.2) is 29.3 Å². The van der Waals surface area contributed by atoms with Gasteiger partial charge in [0.2, 0.25) is 0 Å². The van der Waals surface area contributed by atoms with Gasteiger partial charge in [0, 0.05) is 26.2 Å². The molecule has 138 valence electrons. The van der Waals surface area contributed by atoms with E-state index < -0.39 is 0 Å². The molecule has 0 fully saturated rings. The molecule has 24 heavy (non-hydrogen) atoms. The van der Waals surface area contributed by atoms with Crippen LogP contribution in [0.3, 0.4) is 0 Å². The molecule has 0 saturated carbocycles. The molecule has 1 rings (SSSR count). The molecule has 0 heterocycles. The number of hydrogen-bond donors (Lipinski definition) is 3. The molecule has 2 atom stereocenters. The van der Waals surface area contributed by atoms with E-state index in [0.29, 0.717) is 12.5 Å². The summed E-state index contributed by atoms with van der Waals surface area (Å²) in [5, 5.41) is 15.7. The molecule has 0 aliphatic heterocycles. The van der Waals surface area contributed by atoms with E-state index in [2.05, 4.69) is 34.7 Å². The monoisotopic (exact) mass is 449 g/mol. The van der Waals surface area contributed by atoms with Crippen LogP contribution < -0.4 is 15.4 Å². The fourth-order valence-electron chi connectivity index (χ4n) is 2.15. The summed E-state index contributed by atoms with van der Waals surface area (Å²) >= 11 is 0. The third-order valence-corrected chi connectivity index (χ3v) is 3.77. The Bertz CT molecular complexity index is 466. The van der Waals surface area contributed by atoms with Crippen molar-refractivity contribution in [2.24, 2.45) is 10.9 Å². The van der Waals surface area contributed by atoms with Crippen LogP contribution in [-0.2, 0) is 0 Å². The van der Waals surface area contributed by atoms with Crippen LogP contribution in [0.1, 0.15) is 38.7 Å². The van der Waals surface area contributed by atoms with Crippen LogP contribution in [0.2, 0.25) is 0 Å². The SMILES string of the molecule is CCNC(=NCC(C)CO)NCCC(C)c1ccc(OC)cc1.I. The number of aliphatic imine (C=N–C) groups is 1. The summed E-state index contributed by atoms with van der Waals surface area (Å²) in [5.74, 6) is 2.35. The summed E-state index contributed by atoms with van der Waals surface area (Å²) in [6.07, 6.45) is 1.02. The maximum atomic E-state index is 9.07. The molecule has 0 bridgehead atoms. The van der Waals surface area contributed by atoms with Crippen molar-refractivity contribution in [1.82, 2.24) is 10.6 Å². The molecule has 0 amide bonds. The third kappa shape index (κ3) is 8.73. The lowest BCUT2D eigenvalue weighted by molar-refractivity contribution is 0.241. The first-order chi connectivity index (χ1) is 11.1. The van der Waals surface area contributed by atoms with Crippen LogP contribution in [0.4, 0.5) is 0 Å². The minimum Gasteiger partial charge on any atom is -0.497 e. The summed E-state index contributed by atoms with van der Waals surface area (Å²) in [4.78, 5) is 4.49. The predicted octanol–water partition coefficient (Wildman–Crippen LogP) is 2.99. The van der Waals surface area contributed by atoms with E-state index in [1.807, 2.05) is 26.0 Å². The van der Waals surface area contributed by atoms with E-state index in [4.69, 9.17) is 9.84 Å². The first kappa shape index (κ1) is 23.0. The molecule has 1 aromatic carbocycles. The van der Waals surface area contributed by atoms with Gasteiger partial charge in [0.15, 0.2) is 5.96 Å². The van der Waals surface area contributed by atoms with Crippen molar-refractivity contribution in [2.75, 3.05) is 33.4 Å². The first-order valence-electron chi connectivity index (χ1n) is 8.37. The lowest BCUT2D eigenvalue weighted by Gasteiger charge is -2.16.